The molecule has 1 atom stereocenters. The number of anilines is 1. The van der Waals surface area contributed by atoms with Crippen LogP contribution in [0.2, 0.25) is 0 Å². The lowest BCUT2D eigenvalue weighted by atomic mass is 10.1. The molecular formula is C17H19FN2O3. The van der Waals surface area contributed by atoms with Gasteiger partial charge in [-0.3, -0.25) is 10.1 Å². The SMILES string of the molecule is CC(CCO)N(Cc1ccccc1)c1ccc(F)cc1[N+](=O)[O-]. The maximum absolute atomic E-state index is 13.4. The smallest absolute Gasteiger partial charge is 0.295 e. The first-order valence-corrected chi connectivity index (χ1v) is 7.38. The summed E-state index contributed by atoms with van der Waals surface area (Å²) < 4.78 is 13.4. The van der Waals surface area contributed by atoms with Gasteiger partial charge in [-0.05, 0) is 31.0 Å². The lowest BCUT2D eigenvalue weighted by Crippen LogP contribution is -2.33. The maximum atomic E-state index is 13.4. The molecule has 0 aromatic heterocycles. The summed E-state index contributed by atoms with van der Waals surface area (Å²) in [5, 5.41) is 20.5. The van der Waals surface area contributed by atoms with Gasteiger partial charge in [-0.2, -0.15) is 0 Å². The molecule has 0 aliphatic carbocycles. The molecule has 0 saturated heterocycles. The van der Waals surface area contributed by atoms with Crippen LogP contribution in [-0.4, -0.2) is 22.7 Å². The van der Waals surface area contributed by atoms with Gasteiger partial charge in [0.15, 0.2) is 0 Å². The predicted molar refractivity (Wildman–Crippen MR) is 86.8 cm³/mol. The summed E-state index contributed by atoms with van der Waals surface area (Å²) in [4.78, 5) is 12.5. The third kappa shape index (κ3) is 4.26. The average Bonchev–Trinajstić information content (AvgIpc) is 2.54. The lowest BCUT2D eigenvalue weighted by Gasteiger charge is -2.31. The fourth-order valence-corrected chi connectivity index (χ4v) is 2.49. The third-order valence-corrected chi connectivity index (χ3v) is 3.72. The molecule has 0 fully saturated rings. The molecule has 23 heavy (non-hydrogen) atoms. The van der Waals surface area contributed by atoms with E-state index in [0.717, 1.165) is 11.6 Å². The Balaban J connectivity index is 2.43. The normalized spacial score (nSPS) is 12.0. The molecule has 2 aromatic rings. The Hall–Kier alpha value is -2.47. The topological polar surface area (TPSA) is 66.6 Å². The second-order valence-corrected chi connectivity index (χ2v) is 5.36. The van der Waals surface area contributed by atoms with Crippen molar-refractivity contribution in [1.29, 1.82) is 0 Å². The van der Waals surface area contributed by atoms with Crippen molar-refractivity contribution in [3.8, 4) is 0 Å². The van der Waals surface area contributed by atoms with Crippen molar-refractivity contribution in [1.82, 2.24) is 0 Å². The Morgan fingerprint density at radius 2 is 1.96 bits per heavy atom. The van der Waals surface area contributed by atoms with Gasteiger partial charge in [-0.25, -0.2) is 4.39 Å². The summed E-state index contributed by atoms with van der Waals surface area (Å²) in [6.07, 6.45) is 0.460. The van der Waals surface area contributed by atoms with Gasteiger partial charge in [-0.15, -0.1) is 0 Å². The Bertz CT molecular complexity index is 664. The molecule has 1 N–H and O–H groups in total. The van der Waals surface area contributed by atoms with Crippen molar-refractivity contribution >= 4 is 11.4 Å². The van der Waals surface area contributed by atoms with Gasteiger partial charge in [0, 0.05) is 19.2 Å². The van der Waals surface area contributed by atoms with Gasteiger partial charge in [0.1, 0.15) is 11.5 Å². The van der Waals surface area contributed by atoms with Crippen molar-refractivity contribution in [2.24, 2.45) is 0 Å². The Morgan fingerprint density at radius 3 is 2.57 bits per heavy atom. The minimum absolute atomic E-state index is 0.0263. The monoisotopic (exact) mass is 318 g/mol. The first-order chi connectivity index (χ1) is 11.0. The third-order valence-electron chi connectivity index (χ3n) is 3.72. The fourth-order valence-electron chi connectivity index (χ4n) is 2.49. The first-order valence-electron chi connectivity index (χ1n) is 7.38. The van der Waals surface area contributed by atoms with Gasteiger partial charge in [-0.1, -0.05) is 30.3 Å². The summed E-state index contributed by atoms with van der Waals surface area (Å²) in [5.74, 6) is -0.644. The number of nitrogens with zero attached hydrogens (tertiary/aromatic N) is 2. The van der Waals surface area contributed by atoms with E-state index in [2.05, 4.69) is 0 Å². The van der Waals surface area contributed by atoms with Crippen LogP contribution < -0.4 is 4.90 Å². The standard InChI is InChI=1S/C17H19FN2O3/c1-13(9-10-21)19(12-14-5-3-2-4-6-14)16-8-7-15(18)11-17(16)20(22)23/h2-8,11,13,21H,9-10,12H2,1H3. The lowest BCUT2D eigenvalue weighted by molar-refractivity contribution is -0.384. The zero-order chi connectivity index (χ0) is 16.8. The van der Waals surface area contributed by atoms with Crippen molar-refractivity contribution < 1.29 is 14.4 Å². The Morgan fingerprint density at radius 1 is 1.26 bits per heavy atom. The molecule has 0 aliphatic rings. The van der Waals surface area contributed by atoms with Gasteiger partial charge in [0.05, 0.1) is 11.0 Å². The van der Waals surface area contributed by atoms with E-state index in [1.807, 2.05) is 42.2 Å². The molecular weight excluding hydrogens is 299 g/mol. The molecule has 0 saturated carbocycles. The van der Waals surface area contributed by atoms with Crippen LogP contribution in [0.25, 0.3) is 0 Å². The molecule has 2 rings (SSSR count). The van der Waals surface area contributed by atoms with E-state index in [9.17, 15) is 19.6 Å². The number of aliphatic hydroxyl groups excluding tert-OH is 1. The van der Waals surface area contributed by atoms with Crippen LogP contribution in [0.3, 0.4) is 0 Å². The second-order valence-electron chi connectivity index (χ2n) is 5.36. The van der Waals surface area contributed by atoms with E-state index in [1.54, 1.807) is 0 Å². The summed E-state index contributed by atoms with van der Waals surface area (Å²) >= 11 is 0. The van der Waals surface area contributed by atoms with Crippen molar-refractivity contribution in [2.75, 3.05) is 11.5 Å². The molecule has 0 amide bonds. The number of aliphatic hydroxyl groups is 1. The van der Waals surface area contributed by atoms with Crippen LogP contribution in [0, 0.1) is 15.9 Å². The highest BCUT2D eigenvalue weighted by molar-refractivity contribution is 5.64. The van der Waals surface area contributed by atoms with E-state index in [-0.39, 0.29) is 18.3 Å². The van der Waals surface area contributed by atoms with Crippen LogP contribution in [0.1, 0.15) is 18.9 Å². The van der Waals surface area contributed by atoms with Crippen LogP contribution in [0.4, 0.5) is 15.8 Å². The number of nitro groups is 1. The summed E-state index contributed by atoms with van der Waals surface area (Å²) in [6.45, 7) is 2.29. The molecule has 5 nitrogen and oxygen atoms in total. The van der Waals surface area contributed by atoms with Crippen LogP contribution in [-0.2, 0) is 6.54 Å². The average molecular weight is 318 g/mol. The van der Waals surface area contributed by atoms with Gasteiger partial charge in [0.25, 0.3) is 5.69 Å². The fraction of sp³-hybridized carbons (Fsp3) is 0.294. The van der Waals surface area contributed by atoms with E-state index in [4.69, 9.17) is 0 Å². The van der Waals surface area contributed by atoms with E-state index < -0.39 is 10.7 Å². The number of halogens is 1. The highest BCUT2D eigenvalue weighted by Crippen LogP contribution is 2.32. The zero-order valence-electron chi connectivity index (χ0n) is 12.9. The van der Waals surface area contributed by atoms with E-state index >= 15 is 0 Å². The summed E-state index contributed by atoms with van der Waals surface area (Å²) in [7, 11) is 0. The molecule has 2 aromatic carbocycles. The second kappa shape index (κ2) is 7.69. The van der Waals surface area contributed by atoms with E-state index in [1.165, 1.54) is 12.1 Å². The predicted octanol–water partition coefficient (Wildman–Crippen LogP) is 3.51. The Kier molecular flexibility index (Phi) is 5.65. The summed E-state index contributed by atoms with van der Waals surface area (Å²) in [5.41, 5.74) is 1.06. The highest BCUT2D eigenvalue weighted by atomic mass is 19.1. The number of rotatable bonds is 7. The molecule has 0 spiro atoms. The Labute approximate surface area is 134 Å². The van der Waals surface area contributed by atoms with Crippen molar-refractivity contribution in [3.05, 3.63) is 70.0 Å². The summed E-state index contributed by atoms with van der Waals surface area (Å²) in [6, 6.07) is 13.0. The minimum Gasteiger partial charge on any atom is -0.396 e. The molecule has 122 valence electrons. The van der Waals surface area contributed by atoms with Crippen molar-refractivity contribution in [2.45, 2.75) is 25.9 Å². The molecule has 0 aliphatic heterocycles. The maximum Gasteiger partial charge on any atom is 0.295 e. The van der Waals surface area contributed by atoms with Crippen LogP contribution >= 0.6 is 0 Å². The van der Waals surface area contributed by atoms with Crippen LogP contribution in [0.5, 0.6) is 0 Å². The molecule has 1 unspecified atom stereocenters. The molecule has 0 radical (unpaired) electrons. The number of hydrogen-bond acceptors (Lipinski definition) is 4. The minimum atomic E-state index is -0.644. The largest absolute Gasteiger partial charge is 0.396 e. The van der Waals surface area contributed by atoms with Gasteiger partial charge in [0.2, 0.25) is 0 Å². The van der Waals surface area contributed by atoms with Gasteiger partial charge < -0.3 is 10.0 Å². The first kappa shape index (κ1) is 16.9. The van der Waals surface area contributed by atoms with E-state index in [0.29, 0.717) is 18.7 Å². The number of benzene rings is 2. The number of hydrogen-bond donors (Lipinski definition) is 1. The van der Waals surface area contributed by atoms with Gasteiger partial charge >= 0.3 is 0 Å². The zero-order valence-corrected chi connectivity index (χ0v) is 12.9. The van der Waals surface area contributed by atoms with Crippen LogP contribution in [0.15, 0.2) is 48.5 Å². The molecule has 0 bridgehead atoms. The molecule has 6 heteroatoms. The quantitative estimate of drug-likeness (QED) is 0.626. The highest BCUT2D eigenvalue weighted by Gasteiger charge is 2.24. The molecule has 0 heterocycles. The van der Waals surface area contributed by atoms with Crippen molar-refractivity contribution in [3.63, 3.8) is 0 Å². The number of nitro benzene ring substituents is 1.